The van der Waals surface area contributed by atoms with Gasteiger partial charge in [0.05, 0.1) is 10.2 Å². The Morgan fingerprint density at radius 1 is 0.770 bits per heavy atom. The van der Waals surface area contributed by atoms with Crippen molar-refractivity contribution in [2.75, 3.05) is 19.6 Å². The van der Waals surface area contributed by atoms with Crippen molar-refractivity contribution in [3.05, 3.63) is 177 Å². The van der Waals surface area contributed by atoms with E-state index in [2.05, 4.69) is 89.9 Å². The molecule has 3 heterocycles. The fourth-order valence-electron chi connectivity index (χ4n) is 8.06. The van der Waals surface area contributed by atoms with E-state index in [0.717, 1.165) is 61.9 Å². The van der Waals surface area contributed by atoms with Crippen molar-refractivity contribution in [2.24, 2.45) is 0 Å². The Bertz CT molecular complexity index is 2580. The SMILES string of the molecule is CCCCc1nc(C)c(C(=O)O)n1Cc1ccc2oc(-c3ccccc3-c3nnn(C(c4ccccc4)(c4ccccc4)c4ccccc4)n3)c(Br)c2c1.CCN(CC)CC. The number of fused-ring (bicyclic) bond motifs is 1. The normalized spacial score (nSPS) is 11.5. The second kappa shape index (κ2) is 19.5. The van der Waals surface area contributed by atoms with Crippen LogP contribution in [0.4, 0.5) is 0 Å². The largest absolute Gasteiger partial charge is 0.477 e. The van der Waals surface area contributed by atoms with Gasteiger partial charge >= 0.3 is 5.97 Å². The molecule has 0 atom stereocenters. The number of unbranched alkanes of at least 4 members (excludes halogenated alkanes) is 1. The highest BCUT2D eigenvalue weighted by atomic mass is 79.9. The van der Waals surface area contributed by atoms with Gasteiger partial charge in [0.25, 0.3) is 0 Å². The van der Waals surface area contributed by atoms with E-state index in [0.29, 0.717) is 35.8 Å². The Kier molecular flexibility index (Phi) is 13.7. The molecule has 3 aromatic heterocycles. The minimum absolute atomic E-state index is 0.221. The summed E-state index contributed by atoms with van der Waals surface area (Å²) >= 11 is 3.87. The summed E-state index contributed by atoms with van der Waals surface area (Å²) in [4.78, 5) is 21.0. The Labute approximate surface area is 366 Å². The molecule has 0 bridgehead atoms. The molecule has 5 aromatic carbocycles. The van der Waals surface area contributed by atoms with Crippen molar-refractivity contribution >= 4 is 32.9 Å². The van der Waals surface area contributed by atoms with E-state index < -0.39 is 11.5 Å². The second-order valence-corrected chi connectivity index (χ2v) is 15.7. The number of halogens is 1. The van der Waals surface area contributed by atoms with Gasteiger partial charge < -0.3 is 19.0 Å². The van der Waals surface area contributed by atoms with Crippen molar-refractivity contribution in [3.63, 3.8) is 0 Å². The van der Waals surface area contributed by atoms with Crippen LogP contribution >= 0.6 is 15.9 Å². The highest BCUT2D eigenvalue weighted by Crippen LogP contribution is 2.43. The summed E-state index contributed by atoms with van der Waals surface area (Å²) in [6.07, 6.45) is 2.64. The molecule has 0 saturated heterocycles. The molecule has 0 spiro atoms. The van der Waals surface area contributed by atoms with E-state index in [-0.39, 0.29) is 5.69 Å². The summed E-state index contributed by atoms with van der Waals surface area (Å²) in [6, 6.07) is 44.6. The van der Waals surface area contributed by atoms with Gasteiger partial charge in [-0.2, -0.15) is 0 Å². The zero-order valence-corrected chi connectivity index (χ0v) is 37.0. The van der Waals surface area contributed by atoms with Crippen LogP contribution in [0.3, 0.4) is 0 Å². The number of nitrogens with zero attached hydrogens (tertiary/aromatic N) is 7. The number of rotatable bonds is 15. The number of aromatic nitrogens is 6. The molecule has 11 heteroatoms. The van der Waals surface area contributed by atoms with Crippen molar-refractivity contribution in [3.8, 4) is 22.7 Å². The maximum absolute atomic E-state index is 12.3. The van der Waals surface area contributed by atoms with Crippen molar-refractivity contribution in [2.45, 2.75) is 66.0 Å². The third kappa shape index (κ3) is 8.71. The molecule has 0 fully saturated rings. The minimum Gasteiger partial charge on any atom is -0.477 e. The van der Waals surface area contributed by atoms with E-state index >= 15 is 0 Å². The Balaban J connectivity index is 0.000000739. The average Bonchev–Trinajstić information content (AvgIpc) is 4.00. The third-order valence-electron chi connectivity index (χ3n) is 11.3. The molecule has 312 valence electrons. The first-order valence-corrected chi connectivity index (χ1v) is 21.8. The van der Waals surface area contributed by atoms with Gasteiger partial charge in [0.2, 0.25) is 5.82 Å². The van der Waals surface area contributed by atoms with Crippen LogP contribution in [-0.4, -0.2) is 65.4 Å². The highest BCUT2D eigenvalue weighted by Gasteiger charge is 2.41. The first-order valence-electron chi connectivity index (χ1n) is 21.0. The fourth-order valence-corrected chi connectivity index (χ4v) is 8.67. The summed E-state index contributed by atoms with van der Waals surface area (Å²) in [5, 5.41) is 25.5. The van der Waals surface area contributed by atoms with Gasteiger partial charge in [-0.05, 0) is 88.5 Å². The lowest BCUT2D eigenvalue weighted by molar-refractivity contribution is 0.0684. The number of aromatic carboxylic acids is 1. The van der Waals surface area contributed by atoms with Crippen LogP contribution in [-0.2, 0) is 18.5 Å². The first kappa shape index (κ1) is 42.9. The quantitative estimate of drug-likeness (QED) is 0.101. The fraction of sp³-hybridized carbons (Fsp3) is 0.260. The molecule has 8 aromatic rings. The van der Waals surface area contributed by atoms with Crippen LogP contribution in [0.15, 0.2) is 142 Å². The van der Waals surface area contributed by atoms with Crippen LogP contribution in [0.25, 0.3) is 33.7 Å². The zero-order valence-electron chi connectivity index (χ0n) is 35.4. The van der Waals surface area contributed by atoms with Gasteiger partial charge in [0, 0.05) is 29.5 Å². The van der Waals surface area contributed by atoms with Gasteiger partial charge in [0.15, 0.2) is 11.2 Å². The number of tetrazole rings is 1. The Hall–Kier alpha value is -6.17. The van der Waals surface area contributed by atoms with E-state index in [4.69, 9.17) is 19.8 Å². The van der Waals surface area contributed by atoms with Gasteiger partial charge in [-0.3, -0.25) is 0 Å². The zero-order chi connectivity index (χ0) is 42.9. The summed E-state index contributed by atoms with van der Waals surface area (Å²) in [7, 11) is 0. The number of hydrogen-bond donors (Lipinski definition) is 1. The van der Waals surface area contributed by atoms with Crippen LogP contribution < -0.4 is 0 Å². The Morgan fingerprint density at radius 3 is 1.85 bits per heavy atom. The summed E-state index contributed by atoms with van der Waals surface area (Å²) in [5.74, 6) is 0.875. The summed E-state index contributed by atoms with van der Waals surface area (Å²) in [6.45, 7) is 14.4. The van der Waals surface area contributed by atoms with Crippen molar-refractivity contribution < 1.29 is 14.3 Å². The molecule has 0 aliphatic heterocycles. The topological polar surface area (TPSA) is 115 Å². The molecule has 61 heavy (non-hydrogen) atoms. The van der Waals surface area contributed by atoms with E-state index in [1.807, 2.05) is 102 Å². The molecule has 1 N–H and O–H groups in total. The van der Waals surface area contributed by atoms with Crippen molar-refractivity contribution in [1.29, 1.82) is 0 Å². The molecule has 10 nitrogen and oxygen atoms in total. The average molecular weight is 879 g/mol. The molecular formula is C50H52BrN7O3. The maximum atomic E-state index is 12.3. The molecule has 0 aliphatic rings. The standard InChI is InChI=1S/C44H37BrN6O3.C6H15N/c1-3-4-24-38-46-29(2)40(43(52)53)50(38)28-30-25-26-37-36(27-30)39(45)41(54-37)34-22-14-15-23-35(34)42-47-49-51(48-42)44(31-16-8-5-9-17-31,32-18-10-6-11-19-32)33-20-12-7-13-21-33;1-4-7(5-2)6-3/h5-23,25-27H,3-4,24,28H2,1-2H3,(H,52,53);4-6H2,1-3H3. The number of carboxylic acid groups (broad SMARTS) is 1. The van der Waals surface area contributed by atoms with Gasteiger partial charge in [-0.15, -0.1) is 15.0 Å². The molecule has 0 amide bonds. The number of hydrogen-bond acceptors (Lipinski definition) is 7. The molecule has 0 unspecified atom stereocenters. The summed E-state index contributed by atoms with van der Waals surface area (Å²) in [5.41, 5.74) is 6.00. The summed E-state index contributed by atoms with van der Waals surface area (Å²) < 4.78 is 9.14. The first-order chi connectivity index (χ1) is 29.7. The lowest BCUT2D eigenvalue weighted by Crippen LogP contribution is -2.39. The number of benzene rings is 5. The number of aryl methyl sites for hydroxylation is 2. The van der Waals surface area contributed by atoms with Crippen LogP contribution in [0, 0.1) is 6.92 Å². The van der Waals surface area contributed by atoms with Crippen LogP contribution in [0.5, 0.6) is 0 Å². The van der Waals surface area contributed by atoms with E-state index in [9.17, 15) is 9.90 Å². The Morgan fingerprint density at radius 2 is 1.33 bits per heavy atom. The maximum Gasteiger partial charge on any atom is 0.354 e. The second-order valence-electron chi connectivity index (χ2n) is 14.9. The van der Waals surface area contributed by atoms with Gasteiger partial charge in [-0.1, -0.05) is 155 Å². The number of carbonyl (C=O) groups is 1. The monoisotopic (exact) mass is 877 g/mol. The molecule has 0 aliphatic carbocycles. The van der Waals surface area contributed by atoms with Gasteiger partial charge in [0.1, 0.15) is 17.2 Å². The highest BCUT2D eigenvalue weighted by molar-refractivity contribution is 9.10. The number of imidazole rings is 1. The van der Waals surface area contributed by atoms with Crippen LogP contribution in [0.1, 0.15) is 84.8 Å². The molecule has 0 saturated carbocycles. The number of furan rings is 1. The molecule has 8 rings (SSSR count). The van der Waals surface area contributed by atoms with Crippen molar-refractivity contribution in [1.82, 2.24) is 34.7 Å². The molecular weight excluding hydrogens is 826 g/mol. The molecule has 0 radical (unpaired) electrons. The van der Waals surface area contributed by atoms with Crippen LogP contribution in [0.2, 0.25) is 0 Å². The number of carboxylic acids is 1. The smallest absolute Gasteiger partial charge is 0.354 e. The lowest BCUT2D eigenvalue weighted by atomic mass is 9.77. The minimum atomic E-state index is -0.980. The van der Waals surface area contributed by atoms with E-state index in [1.165, 1.54) is 19.6 Å². The van der Waals surface area contributed by atoms with E-state index in [1.54, 1.807) is 11.7 Å². The van der Waals surface area contributed by atoms with Gasteiger partial charge in [-0.25, -0.2) is 9.78 Å². The predicted molar refractivity (Wildman–Crippen MR) is 246 cm³/mol. The predicted octanol–water partition coefficient (Wildman–Crippen LogP) is 11.3. The third-order valence-corrected chi connectivity index (χ3v) is 12.0. The lowest BCUT2D eigenvalue weighted by Gasteiger charge is -2.34.